The van der Waals surface area contributed by atoms with E-state index in [0.29, 0.717) is 0 Å². The molecule has 1 aromatic heterocycles. The molecule has 9 rings (SSSR count). The van der Waals surface area contributed by atoms with Crippen LogP contribution in [0.4, 0.5) is 0 Å². The van der Waals surface area contributed by atoms with Crippen LogP contribution in [-0.4, -0.2) is 4.57 Å². The summed E-state index contributed by atoms with van der Waals surface area (Å²) < 4.78 is 2.53. The smallest absolute Gasteiger partial charge is 0.0576 e. The van der Waals surface area contributed by atoms with Crippen molar-refractivity contribution < 1.29 is 0 Å². The second-order valence-electron chi connectivity index (χ2n) is 10.1. The third-order valence-electron chi connectivity index (χ3n) is 8.43. The quantitative estimate of drug-likeness (QED) is 0.231. The van der Waals surface area contributed by atoms with Crippen LogP contribution in [0.3, 0.4) is 0 Å². The maximum atomic E-state index is 2.53. The maximum Gasteiger partial charge on any atom is 0.0576 e. The van der Waals surface area contributed by atoms with Crippen molar-refractivity contribution in [3.05, 3.63) is 124 Å². The lowest BCUT2D eigenvalue weighted by atomic mass is 9.95. The Balaban J connectivity index is 1.37. The first-order valence-corrected chi connectivity index (χ1v) is 12.3. The predicted octanol–water partition coefficient (Wildman–Crippen LogP) is 7.83. The van der Waals surface area contributed by atoms with E-state index >= 15 is 0 Å². The molecular formula is C33H21N. The van der Waals surface area contributed by atoms with Crippen molar-refractivity contribution in [1.82, 2.24) is 4.57 Å². The van der Waals surface area contributed by atoms with Crippen LogP contribution in [0, 0.1) is 0 Å². The zero-order valence-corrected chi connectivity index (χ0v) is 18.7. The maximum absolute atomic E-state index is 2.53. The summed E-state index contributed by atoms with van der Waals surface area (Å²) in [5, 5.41) is 2.77. The molecule has 0 spiro atoms. The van der Waals surface area contributed by atoms with Crippen molar-refractivity contribution in [3.63, 3.8) is 0 Å². The zero-order valence-electron chi connectivity index (χ0n) is 18.7. The highest BCUT2D eigenvalue weighted by molar-refractivity contribution is 6.13. The number of rotatable bonds is 0. The number of benzene rings is 5. The monoisotopic (exact) mass is 431 g/mol. The van der Waals surface area contributed by atoms with Gasteiger partial charge in [-0.15, -0.1) is 0 Å². The van der Waals surface area contributed by atoms with Crippen LogP contribution < -0.4 is 0 Å². The molecule has 1 heteroatoms. The second kappa shape index (κ2) is 5.87. The highest BCUT2D eigenvalue weighted by Gasteiger charge is 2.30. The number of aromatic nitrogens is 1. The summed E-state index contributed by atoms with van der Waals surface area (Å²) in [6.07, 6.45) is 3.10. The van der Waals surface area contributed by atoms with Gasteiger partial charge in [0.05, 0.1) is 11.0 Å². The van der Waals surface area contributed by atoms with Gasteiger partial charge in [0, 0.05) is 22.9 Å². The zero-order chi connectivity index (χ0) is 22.0. The Labute approximate surface area is 197 Å². The standard InChI is InChI=1S/C33H21N/c1-3-9-24-19(6-1)14-21-12-13-25-27-18-31-28(16-23(27)17-29(25)32(21)24)26-10-5-8-22-15-20-7-2-4-11-30(20)34(31)33(22)26/h1-13,16,18H,14-15,17H2. The summed E-state index contributed by atoms with van der Waals surface area (Å²) in [5.41, 5.74) is 18.6. The summed E-state index contributed by atoms with van der Waals surface area (Å²) in [6, 6.07) is 34.5. The van der Waals surface area contributed by atoms with E-state index in [4.69, 9.17) is 0 Å². The Morgan fingerprint density at radius 2 is 1.32 bits per heavy atom. The van der Waals surface area contributed by atoms with E-state index in [0.717, 1.165) is 19.3 Å². The van der Waals surface area contributed by atoms with E-state index in [1.807, 2.05) is 0 Å². The molecule has 0 radical (unpaired) electrons. The Bertz CT molecular complexity index is 1880. The van der Waals surface area contributed by atoms with Crippen molar-refractivity contribution in [3.8, 4) is 27.9 Å². The molecule has 1 aliphatic heterocycles. The first kappa shape index (κ1) is 17.4. The topological polar surface area (TPSA) is 4.93 Å². The number of nitrogens with zero attached hydrogens (tertiary/aromatic N) is 1. The number of hydrogen-bond acceptors (Lipinski definition) is 0. The third kappa shape index (κ3) is 1.98. The van der Waals surface area contributed by atoms with Crippen LogP contribution in [0.25, 0.3) is 49.7 Å². The molecule has 0 bridgehead atoms. The summed E-state index contributed by atoms with van der Waals surface area (Å²) in [6.45, 7) is 0. The first-order valence-electron chi connectivity index (χ1n) is 12.3. The fraction of sp³-hybridized carbons (Fsp3) is 0.0909. The van der Waals surface area contributed by atoms with Gasteiger partial charge < -0.3 is 4.57 Å². The first-order chi connectivity index (χ1) is 16.8. The number of hydrogen-bond donors (Lipinski definition) is 0. The predicted molar refractivity (Wildman–Crippen MR) is 140 cm³/mol. The minimum Gasteiger partial charge on any atom is -0.309 e. The molecule has 6 aromatic rings. The van der Waals surface area contributed by atoms with Crippen molar-refractivity contribution >= 4 is 21.8 Å². The van der Waals surface area contributed by atoms with Crippen LogP contribution in [0.1, 0.15) is 33.4 Å². The molecule has 0 amide bonds. The average molecular weight is 432 g/mol. The molecule has 0 N–H and O–H groups in total. The Kier molecular flexibility index (Phi) is 3.00. The lowest BCUT2D eigenvalue weighted by molar-refractivity contribution is 1.04. The number of fused-ring (bicyclic) bond motifs is 12. The molecular weight excluding hydrogens is 410 g/mol. The van der Waals surface area contributed by atoms with E-state index in [-0.39, 0.29) is 0 Å². The molecule has 2 aliphatic carbocycles. The van der Waals surface area contributed by atoms with Gasteiger partial charge in [-0.1, -0.05) is 72.8 Å². The minimum absolute atomic E-state index is 1.01. The molecule has 1 nitrogen and oxygen atoms in total. The molecule has 2 heterocycles. The lowest BCUT2D eigenvalue weighted by Crippen LogP contribution is -2.07. The Morgan fingerprint density at radius 1 is 0.500 bits per heavy atom. The molecule has 158 valence electrons. The van der Waals surface area contributed by atoms with Crippen molar-refractivity contribution in [2.45, 2.75) is 19.3 Å². The molecule has 0 atom stereocenters. The van der Waals surface area contributed by atoms with Gasteiger partial charge in [-0.3, -0.25) is 0 Å². The molecule has 5 aromatic carbocycles. The average Bonchev–Trinajstić information content (AvgIpc) is 3.53. The van der Waals surface area contributed by atoms with Gasteiger partial charge in [0.15, 0.2) is 0 Å². The summed E-state index contributed by atoms with van der Waals surface area (Å²) in [5.74, 6) is 0. The highest BCUT2D eigenvalue weighted by Crippen LogP contribution is 2.49. The summed E-state index contributed by atoms with van der Waals surface area (Å²) >= 11 is 0. The minimum atomic E-state index is 1.01. The fourth-order valence-corrected chi connectivity index (χ4v) is 7.03. The highest BCUT2D eigenvalue weighted by atomic mass is 15.0. The largest absolute Gasteiger partial charge is 0.309 e. The SMILES string of the molecule is c1ccc2c(c1)Cc1ccc3c(c1-2)Cc1cc2c4cccc5c4n(c2cc1-3)-c1ccccc1C5. The molecule has 0 unspecified atom stereocenters. The Morgan fingerprint density at radius 3 is 2.29 bits per heavy atom. The van der Waals surface area contributed by atoms with Crippen molar-refractivity contribution in [1.29, 1.82) is 0 Å². The van der Waals surface area contributed by atoms with E-state index < -0.39 is 0 Å². The van der Waals surface area contributed by atoms with Gasteiger partial charge >= 0.3 is 0 Å². The molecule has 0 fully saturated rings. The van der Waals surface area contributed by atoms with E-state index in [2.05, 4.69) is 95.6 Å². The fourth-order valence-electron chi connectivity index (χ4n) is 7.03. The lowest BCUT2D eigenvalue weighted by Gasteiger charge is -2.20. The van der Waals surface area contributed by atoms with Gasteiger partial charge in [-0.25, -0.2) is 0 Å². The van der Waals surface area contributed by atoms with Crippen LogP contribution in [0.5, 0.6) is 0 Å². The van der Waals surface area contributed by atoms with Crippen molar-refractivity contribution in [2.24, 2.45) is 0 Å². The molecule has 34 heavy (non-hydrogen) atoms. The van der Waals surface area contributed by atoms with Crippen molar-refractivity contribution in [2.75, 3.05) is 0 Å². The van der Waals surface area contributed by atoms with Crippen LogP contribution in [0.2, 0.25) is 0 Å². The van der Waals surface area contributed by atoms with Crippen LogP contribution in [0.15, 0.2) is 91.0 Å². The van der Waals surface area contributed by atoms with Crippen LogP contribution in [-0.2, 0) is 19.3 Å². The number of para-hydroxylation sites is 2. The van der Waals surface area contributed by atoms with Gasteiger partial charge in [0.25, 0.3) is 0 Å². The normalized spacial score (nSPS) is 14.1. The molecule has 3 aliphatic rings. The van der Waals surface area contributed by atoms with E-state index in [1.54, 1.807) is 0 Å². The van der Waals surface area contributed by atoms with Gasteiger partial charge in [-0.2, -0.15) is 0 Å². The van der Waals surface area contributed by atoms with Gasteiger partial charge in [-0.05, 0) is 86.7 Å². The van der Waals surface area contributed by atoms with E-state index in [1.165, 1.54) is 83.1 Å². The molecule has 0 saturated heterocycles. The molecule has 0 saturated carbocycles. The Hall–Kier alpha value is -4.10. The second-order valence-corrected chi connectivity index (χ2v) is 10.1. The summed E-state index contributed by atoms with van der Waals surface area (Å²) in [7, 11) is 0. The van der Waals surface area contributed by atoms with Crippen LogP contribution >= 0.6 is 0 Å². The van der Waals surface area contributed by atoms with E-state index in [9.17, 15) is 0 Å². The third-order valence-corrected chi connectivity index (χ3v) is 8.43. The summed E-state index contributed by atoms with van der Waals surface area (Å²) in [4.78, 5) is 0. The van der Waals surface area contributed by atoms with Gasteiger partial charge in [0.1, 0.15) is 0 Å². The van der Waals surface area contributed by atoms with Gasteiger partial charge in [0.2, 0.25) is 0 Å².